The molecule has 0 aliphatic rings. The van der Waals surface area contributed by atoms with Crippen LogP contribution < -0.4 is 0 Å². The zero-order chi connectivity index (χ0) is 9.26. The number of rotatable bonds is 1. The summed E-state index contributed by atoms with van der Waals surface area (Å²) in [5.41, 5.74) is 1.94. The summed E-state index contributed by atoms with van der Waals surface area (Å²) in [6.07, 6.45) is 0. The molecule has 0 fully saturated rings. The fourth-order valence-corrected chi connectivity index (χ4v) is 1.54. The van der Waals surface area contributed by atoms with Crippen LogP contribution in [0.3, 0.4) is 0 Å². The summed E-state index contributed by atoms with van der Waals surface area (Å²) in [6, 6.07) is 9.86. The SMILES string of the molecule is Cc1cc(-c2cccc(Br)c2)on1. The smallest absolute Gasteiger partial charge is 0.167 e. The van der Waals surface area contributed by atoms with Crippen molar-refractivity contribution in [2.45, 2.75) is 6.92 Å². The van der Waals surface area contributed by atoms with Crippen LogP contribution in [0.1, 0.15) is 5.69 Å². The van der Waals surface area contributed by atoms with Crippen LogP contribution in [0.25, 0.3) is 11.3 Å². The average Bonchev–Trinajstić information content (AvgIpc) is 2.52. The van der Waals surface area contributed by atoms with Gasteiger partial charge in [-0.05, 0) is 19.1 Å². The molecular weight excluding hydrogens is 230 g/mol. The number of aryl methyl sites for hydroxylation is 1. The highest BCUT2D eigenvalue weighted by Gasteiger charge is 2.03. The third-order valence-electron chi connectivity index (χ3n) is 1.74. The molecule has 2 aromatic rings. The van der Waals surface area contributed by atoms with E-state index in [1.807, 2.05) is 37.3 Å². The highest BCUT2D eigenvalue weighted by molar-refractivity contribution is 9.10. The Hall–Kier alpha value is -1.09. The monoisotopic (exact) mass is 237 g/mol. The maximum absolute atomic E-state index is 5.13. The Balaban J connectivity index is 2.46. The molecule has 3 heteroatoms. The van der Waals surface area contributed by atoms with E-state index in [0.717, 1.165) is 21.5 Å². The van der Waals surface area contributed by atoms with Gasteiger partial charge in [-0.1, -0.05) is 33.2 Å². The number of hydrogen-bond acceptors (Lipinski definition) is 2. The lowest BCUT2D eigenvalue weighted by molar-refractivity contribution is 0.427. The van der Waals surface area contributed by atoms with Crippen molar-refractivity contribution in [1.82, 2.24) is 5.16 Å². The Morgan fingerprint density at radius 2 is 2.15 bits per heavy atom. The topological polar surface area (TPSA) is 26.0 Å². The minimum atomic E-state index is 0.804. The summed E-state index contributed by atoms with van der Waals surface area (Å²) < 4.78 is 6.18. The van der Waals surface area contributed by atoms with Gasteiger partial charge >= 0.3 is 0 Å². The van der Waals surface area contributed by atoms with E-state index in [-0.39, 0.29) is 0 Å². The van der Waals surface area contributed by atoms with Gasteiger partial charge in [-0.3, -0.25) is 0 Å². The van der Waals surface area contributed by atoms with Crippen LogP contribution in [0.2, 0.25) is 0 Å². The fourth-order valence-electron chi connectivity index (χ4n) is 1.14. The molecule has 0 unspecified atom stereocenters. The summed E-state index contributed by atoms with van der Waals surface area (Å²) in [5, 5.41) is 3.83. The lowest BCUT2D eigenvalue weighted by Gasteiger charge is -1.94. The van der Waals surface area contributed by atoms with E-state index < -0.39 is 0 Å². The molecule has 1 aromatic heterocycles. The number of aromatic nitrogens is 1. The van der Waals surface area contributed by atoms with Gasteiger partial charge in [-0.15, -0.1) is 0 Å². The summed E-state index contributed by atoms with van der Waals surface area (Å²) in [5.74, 6) is 0.804. The summed E-state index contributed by atoms with van der Waals surface area (Å²) in [4.78, 5) is 0. The second-order valence-electron chi connectivity index (χ2n) is 2.84. The molecule has 1 heterocycles. The van der Waals surface area contributed by atoms with E-state index in [4.69, 9.17) is 4.52 Å². The highest BCUT2D eigenvalue weighted by atomic mass is 79.9. The van der Waals surface area contributed by atoms with Crippen molar-refractivity contribution in [1.29, 1.82) is 0 Å². The molecule has 0 aliphatic carbocycles. The molecule has 66 valence electrons. The molecule has 0 aliphatic heterocycles. The van der Waals surface area contributed by atoms with Gasteiger partial charge < -0.3 is 4.52 Å². The third kappa shape index (κ3) is 1.80. The van der Waals surface area contributed by atoms with Crippen molar-refractivity contribution in [2.24, 2.45) is 0 Å². The Bertz CT molecular complexity index is 422. The minimum absolute atomic E-state index is 0.804. The molecule has 0 bridgehead atoms. The van der Waals surface area contributed by atoms with Crippen LogP contribution in [-0.2, 0) is 0 Å². The van der Waals surface area contributed by atoms with Crippen molar-refractivity contribution < 1.29 is 4.52 Å². The zero-order valence-corrected chi connectivity index (χ0v) is 8.71. The Morgan fingerprint density at radius 3 is 2.77 bits per heavy atom. The van der Waals surface area contributed by atoms with Gasteiger partial charge in [-0.2, -0.15) is 0 Å². The van der Waals surface area contributed by atoms with Crippen molar-refractivity contribution in [3.8, 4) is 11.3 Å². The molecule has 0 saturated carbocycles. The van der Waals surface area contributed by atoms with Crippen molar-refractivity contribution in [3.05, 3.63) is 40.5 Å². The van der Waals surface area contributed by atoms with E-state index in [0.29, 0.717) is 0 Å². The molecule has 1 aromatic carbocycles. The fraction of sp³-hybridized carbons (Fsp3) is 0.100. The molecule has 0 spiro atoms. The van der Waals surface area contributed by atoms with Crippen molar-refractivity contribution in [2.75, 3.05) is 0 Å². The lowest BCUT2D eigenvalue weighted by atomic mass is 10.2. The number of halogens is 1. The number of nitrogens with zero attached hydrogens (tertiary/aromatic N) is 1. The molecule has 0 amide bonds. The summed E-state index contributed by atoms with van der Waals surface area (Å²) in [7, 11) is 0. The second kappa shape index (κ2) is 3.34. The molecule has 0 saturated heterocycles. The molecule has 13 heavy (non-hydrogen) atoms. The quantitative estimate of drug-likeness (QED) is 0.760. The van der Waals surface area contributed by atoms with Crippen LogP contribution in [0.4, 0.5) is 0 Å². The van der Waals surface area contributed by atoms with Crippen LogP contribution >= 0.6 is 15.9 Å². The Morgan fingerprint density at radius 1 is 1.31 bits per heavy atom. The average molecular weight is 238 g/mol. The largest absolute Gasteiger partial charge is 0.356 e. The van der Waals surface area contributed by atoms with Crippen LogP contribution in [-0.4, -0.2) is 5.16 Å². The molecule has 0 atom stereocenters. The molecule has 0 N–H and O–H groups in total. The van der Waals surface area contributed by atoms with Crippen molar-refractivity contribution in [3.63, 3.8) is 0 Å². The van der Waals surface area contributed by atoms with Gasteiger partial charge in [0, 0.05) is 16.1 Å². The second-order valence-corrected chi connectivity index (χ2v) is 3.76. The maximum Gasteiger partial charge on any atom is 0.167 e. The highest BCUT2D eigenvalue weighted by Crippen LogP contribution is 2.23. The van der Waals surface area contributed by atoms with Gasteiger partial charge in [0.15, 0.2) is 5.76 Å². The first-order valence-electron chi connectivity index (χ1n) is 3.95. The maximum atomic E-state index is 5.13. The number of benzene rings is 1. The standard InChI is InChI=1S/C10H8BrNO/c1-7-5-10(13-12-7)8-3-2-4-9(11)6-8/h2-6H,1H3. The van der Waals surface area contributed by atoms with E-state index in [9.17, 15) is 0 Å². The Labute approximate surface area is 84.7 Å². The van der Waals surface area contributed by atoms with E-state index in [1.165, 1.54) is 0 Å². The van der Waals surface area contributed by atoms with Crippen LogP contribution in [0, 0.1) is 6.92 Å². The Kier molecular flexibility index (Phi) is 2.19. The van der Waals surface area contributed by atoms with E-state index in [2.05, 4.69) is 21.1 Å². The molecular formula is C10H8BrNO. The van der Waals surface area contributed by atoms with Gasteiger partial charge in [0.2, 0.25) is 0 Å². The van der Waals surface area contributed by atoms with Crippen LogP contribution in [0.5, 0.6) is 0 Å². The van der Waals surface area contributed by atoms with Gasteiger partial charge in [0.25, 0.3) is 0 Å². The van der Waals surface area contributed by atoms with Gasteiger partial charge in [0.1, 0.15) is 0 Å². The van der Waals surface area contributed by atoms with Gasteiger partial charge in [0.05, 0.1) is 5.69 Å². The molecule has 2 rings (SSSR count). The van der Waals surface area contributed by atoms with E-state index >= 15 is 0 Å². The van der Waals surface area contributed by atoms with Crippen molar-refractivity contribution >= 4 is 15.9 Å². The van der Waals surface area contributed by atoms with Crippen LogP contribution in [0.15, 0.2) is 39.3 Å². The normalized spacial score (nSPS) is 10.3. The first-order chi connectivity index (χ1) is 6.25. The zero-order valence-electron chi connectivity index (χ0n) is 7.12. The molecule has 2 nitrogen and oxygen atoms in total. The predicted octanol–water partition coefficient (Wildman–Crippen LogP) is 3.41. The summed E-state index contributed by atoms with van der Waals surface area (Å²) in [6.45, 7) is 1.91. The summed E-state index contributed by atoms with van der Waals surface area (Å²) >= 11 is 3.40. The molecule has 0 radical (unpaired) electrons. The van der Waals surface area contributed by atoms with Gasteiger partial charge in [-0.25, -0.2) is 0 Å². The lowest BCUT2D eigenvalue weighted by Crippen LogP contribution is -1.72. The third-order valence-corrected chi connectivity index (χ3v) is 2.23. The first-order valence-corrected chi connectivity index (χ1v) is 4.74. The number of hydrogen-bond donors (Lipinski definition) is 0. The first kappa shape index (κ1) is 8.51. The minimum Gasteiger partial charge on any atom is -0.356 e. The predicted molar refractivity (Wildman–Crippen MR) is 54.4 cm³/mol. The van der Waals surface area contributed by atoms with E-state index in [1.54, 1.807) is 0 Å².